The lowest BCUT2D eigenvalue weighted by molar-refractivity contribution is 0.0995. The Morgan fingerprint density at radius 1 is 1.09 bits per heavy atom. The van der Waals surface area contributed by atoms with Crippen LogP contribution in [0.1, 0.15) is 23.2 Å². The van der Waals surface area contributed by atoms with Gasteiger partial charge < -0.3 is 19.5 Å². The minimum Gasteiger partial charge on any atom is -0.456 e. The Kier molecular flexibility index (Phi) is 4.67. The van der Waals surface area contributed by atoms with Gasteiger partial charge in [0, 0.05) is 37.6 Å². The predicted octanol–water partition coefficient (Wildman–Crippen LogP) is 2.98. The van der Waals surface area contributed by atoms with E-state index in [1.165, 1.54) is 5.69 Å². The molecule has 122 valence electrons. The van der Waals surface area contributed by atoms with E-state index in [0.29, 0.717) is 5.76 Å². The quantitative estimate of drug-likeness (QED) is 0.943. The highest BCUT2D eigenvalue weighted by atomic mass is 16.3. The fourth-order valence-corrected chi connectivity index (χ4v) is 2.83. The van der Waals surface area contributed by atoms with Crippen LogP contribution in [-0.4, -0.2) is 43.5 Å². The Morgan fingerprint density at radius 3 is 2.35 bits per heavy atom. The van der Waals surface area contributed by atoms with Gasteiger partial charge in [0.2, 0.25) is 0 Å². The zero-order chi connectivity index (χ0) is 16.2. The van der Waals surface area contributed by atoms with Crippen LogP contribution < -0.4 is 10.2 Å². The summed E-state index contributed by atoms with van der Waals surface area (Å²) < 4.78 is 5.33. The first-order valence-corrected chi connectivity index (χ1v) is 8.11. The Labute approximate surface area is 136 Å². The van der Waals surface area contributed by atoms with Crippen molar-refractivity contribution in [3.63, 3.8) is 0 Å². The van der Waals surface area contributed by atoms with Crippen molar-refractivity contribution in [1.82, 2.24) is 4.90 Å². The highest BCUT2D eigenvalue weighted by Crippen LogP contribution is 2.20. The van der Waals surface area contributed by atoms with Crippen LogP contribution in [0.4, 0.5) is 11.4 Å². The first-order chi connectivity index (χ1) is 11.2. The number of hydrogen-bond acceptors (Lipinski definition) is 4. The van der Waals surface area contributed by atoms with E-state index in [1.807, 2.05) is 19.1 Å². The molecule has 1 amide bonds. The van der Waals surface area contributed by atoms with E-state index >= 15 is 0 Å². The smallest absolute Gasteiger partial charge is 0.291 e. The molecule has 1 saturated heterocycles. The number of anilines is 2. The number of aryl methyl sites for hydroxylation is 1. The third kappa shape index (κ3) is 3.74. The van der Waals surface area contributed by atoms with E-state index in [-0.39, 0.29) is 5.91 Å². The molecule has 2 heterocycles. The summed E-state index contributed by atoms with van der Waals surface area (Å²) in [6.07, 6.45) is 0. The molecule has 1 aromatic heterocycles. The van der Waals surface area contributed by atoms with Crippen molar-refractivity contribution in [2.75, 3.05) is 42.9 Å². The first kappa shape index (κ1) is 15.6. The molecule has 0 saturated carbocycles. The van der Waals surface area contributed by atoms with Gasteiger partial charge in [0.05, 0.1) is 0 Å². The Balaban J connectivity index is 1.60. The summed E-state index contributed by atoms with van der Waals surface area (Å²) >= 11 is 0. The fourth-order valence-electron chi connectivity index (χ4n) is 2.83. The fraction of sp³-hybridized carbons (Fsp3) is 0.389. The number of rotatable bonds is 4. The van der Waals surface area contributed by atoms with E-state index in [9.17, 15) is 4.79 Å². The van der Waals surface area contributed by atoms with Gasteiger partial charge in [-0.05, 0) is 49.9 Å². The number of nitrogens with zero attached hydrogens (tertiary/aromatic N) is 2. The summed E-state index contributed by atoms with van der Waals surface area (Å²) in [6.45, 7) is 9.44. The first-order valence-electron chi connectivity index (χ1n) is 8.11. The van der Waals surface area contributed by atoms with E-state index in [0.717, 1.165) is 44.2 Å². The van der Waals surface area contributed by atoms with E-state index in [1.54, 1.807) is 12.1 Å². The van der Waals surface area contributed by atoms with Crippen LogP contribution in [-0.2, 0) is 0 Å². The number of furan rings is 1. The number of carbonyl (C=O) groups is 1. The van der Waals surface area contributed by atoms with Crippen LogP contribution in [0.3, 0.4) is 0 Å². The van der Waals surface area contributed by atoms with Crippen molar-refractivity contribution >= 4 is 17.3 Å². The molecule has 0 spiro atoms. The second-order valence-corrected chi connectivity index (χ2v) is 5.83. The standard InChI is InChI=1S/C18H23N3O2/c1-3-20-10-12-21(13-11-20)16-7-5-15(6-8-16)19-18(22)17-9-4-14(2)23-17/h4-9H,3,10-13H2,1-2H3,(H,19,22). The van der Waals surface area contributed by atoms with Crippen LogP contribution in [0.2, 0.25) is 0 Å². The molecule has 0 unspecified atom stereocenters. The molecule has 0 atom stereocenters. The highest BCUT2D eigenvalue weighted by Gasteiger charge is 2.16. The molecule has 0 bridgehead atoms. The van der Waals surface area contributed by atoms with Crippen LogP contribution >= 0.6 is 0 Å². The van der Waals surface area contributed by atoms with Crippen LogP contribution in [0.15, 0.2) is 40.8 Å². The molecule has 0 radical (unpaired) electrons. The molecular weight excluding hydrogens is 290 g/mol. The van der Waals surface area contributed by atoms with Gasteiger partial charge >= 0.3 is 0 Å². The molecule has 2 aromatic rings. The maximum atomic E-state index is 12.1. The second-order valence-electron chi connectivity index (χ2n) is 5.83. The molecule has 1 N–H and O–H groups in total. The average molecular weight is 313 g/mol. The van der Waals surface area contributed by atoms with E-state index in [2.05, 4.69) is 34.2 Å². The van der Waals surface area contributed by atoms with Gasteiger partial charge in [-0.25, -0.2) is 0 Å². The lowest BCUT2D eigenvalue weighted by Gasteiger charge is -2.35. The second kappa shape index (κ2) is 6.87. The number of carbonyl (C=O) groups excluding carboxylic acids is 1. The van der Waals surface area contributed by atoms with Gasteiger partial charge in [0.25, 0.3) is 5.91 Å². The third-order valence-electron chi connectivity index (χ3n) is 4.27. The van der Waals surface area contributed by atoms with Crippen molar-refractivity contribution in [2.45, 2.75) is 13.8 Å². The maximum absolute atomic E-state index is 12.1. The van der Waals surface area contributed by atoms with Gasteiger partial charge in [-0.1, -0.05) is 6.92 Å². The predicted molar refractivity (Wildman–Crippen MR) is 92.2 cm³/mol. The Hall–Kier alpha value is -2.27. The summed E-state index contributed by atoms with van der Waals surface area (Å²) in [5.74, 6) is 0.849. The van der Waals surface area contributed by atoms with E-state index < -0.39 is 0 Å². The number of likely N-dealkylation sites (N-methyl/N-ethyl adjacent to an activating group) is 1. The van der Waals surface area contributed by atoms with E-state index in [4.69, 9.17) is 4.42 Å². The third-order valence-corrected chi connectivity index (χ3v) is 4.27. The molecule has 5 heteroatoms. The monoisotopic (exact) mass is 313 g/mol. The van der Waals surface area contributed by atoms with Gasteiger partial charge in [0.1, 0.15) is 5.76 Å². The maximum Gasteiger partial charge on any atom is 0.291 e. The minimum atomic E-state index is -0.220. The number of benzene rings is 1. The topological polar surface area (TPSA) is 48.7 Å². The van der Waals surface area contributed by atoms with Gasteiger partial charge in [-0.3, -0.25) is 4.79 Å². The summed E-state index contributed by atoms with van der Waals surface area (Å²) in [5.41, 5.74) is 1.98. The van der Waals surface area contributed by atoms with Crippen molar-refractivity contribution in [2.24, 2.45) is 0 Å². The molecule has 1 aliphatic heterocycles. The normalized spacial score (nSPS) is 15.7. The van der Waals surface area contributed by atoms with Crippen LogP contribution in [0.25, 0.3) is 0 Å². The average Bonchev–Trinajstić information content (AvgIpc) is 3.02. The number of nitrogens with one attached hydrogen (secondary N) is 1. The van der Waals surface area contributed by atoms with Crippen molar-refractivity contribution < 1.29 is 9.21 Å². The van der Waals surface area contributed by atoms with Crippen molar-refractivity contribution in [3.8, 4) is 0 Å². The largest absolute Gasteiger partial charge is 0.456 e. The van der Waals surface area contributed by atoms with Gasteiger partial charge in [0.15, 0.2) is 5.76 Å². The zero-order valence-corrected chi connectivity index (χ0v) is 13.7. The van der Waals surface area contributed by atoms with Crippen molar-refractivity contribution in [1.29, 1.82) is 0 Å². The molecule has 23 heavy (non-hydrogen) atoms. The molecule has 0 aliphatic carbocycles. The molecular formula is C18H23N3O2. The zero-order valence-electron chi connectivity index (χ0n) is 13.7. The number of piperazine rings is 1. The molecule has 1 aromatic carbocycles. The summed E-state index contributed by atoms with van der Waals surface area (Å²) in [5, 5.41) is 2.86. The molecule has 1 aliphatic rings. The SMILES string of the molecule is CCN1CCN(c2ccc(NC(=O)c3ccc(C)o3)cc2)CC1. The molecule has 3 rings (SSSR count). The summed E-state index contributed by atoms with van der Waals surface area (Å²) in [4.78, 5) is 16.9. The minimum absolute atomic E-state index is 0.220. The van der Waals surface area contributed by atoms with Gasteiger partial charge in [-0.2, -0.15) is 0 Å². The van der Waals surface area contributed by atoms with Gasteiger partial charge in [-0.15, -0.1) is 0 Å². The van der Waals surface area contributed by atoms with Crippen molar-refractivity contribution in [3.05, 3.63) is 47.9 Å². The Morgan fingerprint density at radius 2 is 1.78 bits per heavy atom. The lowest BCUT2D eigenvalue weighted by Crippen LogP contribution is -2.46. The Bertz CT molecular complexity index is 655. The summed E-state index contributed by atoms with van der Waals surface area (Å²) in [7, 11) is 0. The summed E-state index contributed by atoms with van der Waals surface area (Å²) in [6, 6.07) is 11.5. The lowest BCUT2D eigenvalue weighted by atomic mass is 10.2. The van der Waals surface area contributed by atoms with Crippen LogP contribution in [0.5, 0.6) is 0 Å². The molecule has 5 nitrogen and oxygen atoms in total. The highest BCUT2D eigenvalue weighted by molar-refractivity contribution is 6.02. The number of hydrogen-bond donors (Lipinski definition) is 1. The molecule has 1 fully saturated rings. The van der Waals surface area contributed by atoms with Crippen LogP contribution in [0, 0.1) is 6.92 Å². The number of amides is 1.